The van der Waals surface area contributed by atoms with Gasteiger partial charge in [-0.1, -0.05) is 12.1 Å². The van der Waals surface area contributed by atoms with Gasteiger partial charge in [-0.2, -0.15) is 0 Å². The van der Waals surface area contributed by atoms with Crippen LogP contribution in [0, 0.1) is 0 Å². The topological polar surface area (TPSA) is 147 Å². The van der Waals surface area contributed by atoms with Crippen LogP contribution in [0.5, 0.6) is 17.2 Å². The Morgan fingerprint density at radius 2 is 1.79 bits per heavy atom. The number of nitrogens with two attached hydrogens (primary N) is 1. The number of carbonyl (C=O) groups excluding carboxylic acids is 3. The summed E-state index contributed by atoms with van der Waals surface area (Å²) in [5, 5.41) is 32.3. The number of Topliss-reactive ketones (excluding diaryl/α,β-unsaturated/α-hetero) is 1. The molecule has 0 saturated heterocycles. The molecule has 0 heterocycles. The van der Waals surface area contributed by atoms with Crippen LogP contribution < -0.4 is 10.5 Å². The Labute approximate surface area is 165 Å². The van der Waals surface area contributed by atoms with Gasteiger partial charge in [-0.15, -0.1) is 0 Å². The lowest BCUT2D eigenvalue weighted by Crippen LogP contribution is -2.52. The summed E-state index contributed by atoms with van der Waals surface area (Å²) in [6.45, 7) is 1.27. The predicted molar refractivity (Wildman–Crippen MR) is 101 cm³/mol. The zero-order valence-electron chi connectivity index (χ0n) is 15.8. The van der Waals surface area contributed by atoms with E-state index in [2.05, 4.69) is 0 Å². The number of ketones is 3. The van der Waals surface area contributed by atoms with Crippen molar-refractivity contribution in [2.24, 2.45) is 5.73 Å². The molecular weight excluding hydrogens is 378 g/mol. The van der Waals surface area contributed by atoms with Crippen molar-refractivity contribution in [1.82, 2.24) is 0 Å². The number of aliphatic hydroxyl groups is 1. The number of aliphatic hydroxyl groups excluding tert-OH is 1. The lowest BCUT2D eigenvalue weighted by atomic mass is 9.71. The molecule has 8 heteroatoms. The van der Waals surface area contributed by atoms with E-state index in [-0.39, 0.29) is 46.4 Å². The van der Waals surface area contributed by atoms with Gasteiger partial charge in [0.05, 0.1) is 35.4 Å². The molecule has 0 aliphatic heterocycles. The van der Waals surface area contributed by atoms with Crippen LogP contribution in [0.4, 0.5) is 0 Å². The van der Waals surface area contributed by atoms with Gasteiger partial charge in [0.2, 0.25) is 5.78 Å². The number of fused-ring (bicyclic) bond motifs is 3. The Bertz CT molecular complexity index is 1120. The Morgan fingerprint density at radius 1 is 1.14 bits per heavy atom. The molecule has 2 unspecified atom stereocenters. The van der Waals surface area contributed by atoms with Crippen molar-refractivity contribution in [3.05, 3.63) is 51.6 Å². The summed E-state index contributed by atoms with van der Waals surface area (Å²) >= 11 is 0. The van der Waals surface area contributed by atoms with Gasteiger partial charge in [-0.3, -0.25) is 14.4 Å². The summed E-state index contributed by atoms with van der Waals surface area (Å²) in [6.07, 6.45) is -1.78. The van der Waals surface area contributed by atoms with Crippen LogP contribution in [0.3, 0.4) is 0 Å². The van der Waals surface area contributed by atoms with E-state index in [0.29, 0.717) is 0 Å². The molecule has 2 aromatic rings. The molecule has 2 aromatic carbocycles. The van der Waals surface area contributed by atoms with Crippen LogP contribution >= 0.6 is 0 Å². The van der Waals surface area contributed by atoms with Crippen LogP contribution in [0.2, 0.25) is 0 Å². The SMILES string of the molecule is COc1cccc2c1C(=O)c1c(O)c3c(c(O)c1C2=O)CC(N)(C(C)=O)CC3O. The maximum atomic E-state index is 13.2. The molecule has 29 heavy (non-hydrogen) atoms. The van der Waals surface area contributed by atoms with E-state index in [9.17, 15) is 29.7 Å². The van der Waals surface area contributed by atoms with Crippen LogP contribution in [0.15, 0.2) is 18.2 Å². The van der Waals surface area contributed by atoms with Crippen LogP contribution in [0.1, 0.15) is 62.4 Å². The molecule has 4 rings (SSSR count). The molecule has 2 atom stereocenters. The summed E-state index contributed by atoms with van der Waals surface area (Å²) in [5.74, 6) is -2.78. The molecule has 8 nitrogen and oxygen atoms in total. The molecular formula is C21H19NO7. The second-order valence-electron chi connectivity index (χ2n) is 7.49. The molecule has 0 radical (unpaired) electrons. The first-order valence-corrected chi connectivity index (χ1v) is 8.97. The normalized spacial score (nSPS) is 22.6. The van der Waals surface area contributed by atoms with E-state index in [0.717, 1.165) is 0 Å². The highest BCUT2D eigenvalue weighted by Crippen LogP contribution is 2.50. The second-order valence-corrected chi connectivity index (χ2v) is 7.49. The van der Waals surface area contributed by atoms with Crippen molar-refractivity contribution < 1.29 is 34.4 Å². The van der Waals surface area contributed by atoms with Crippen molar-refractivity contribution in [1.29, 1.82) is 0 Å². The van der Waals surface area contributed by atoms with Gasteiger partial charge in [0.1, 0.15) is 23.0 Å². The monoisotopic (exact) mass is 397 g/mol. The van der Waals surface area contributed by atoms with Crippen molar-refractivity contribution in [2.75, 3.05) is 7.11 Å². The van der Waals surface area contributed by atoms with Crippen molar-refractivity contribution in [3.63, 3.8) is 0 Å². The van der Waals surface area contributed by atoms with E-state index in [1.54, 1.807) is 0 Å². The fourth-order valence-corrected chi connectivity index (χ4v) is 4.26. The zero-order chi connectivity index (χ0) is 21.2. The fourth-order valence-electron chi connectivity index (χ4n) is 4.26. The summed E-state index contributed by atoms with van der Waals surface area (Å²) in [6, 6.07) is 4.47. The maximum absolute atomic E-state index is 13.2. The minimum absolute atomic E-state index is 0.00908. The lowest BCUT2D eigenvalue weighted by molar-refractivity contribution is -0.123. The highest BCUT2D eigenvalue weighted by molar-refractivity contribution is 6.31. The summed E-state index contributed by atoms with van der Waals surface area (Å²) in [5.41, 5.74) is 3.78. The number of benzene rings is 2. The van der Waals surface area contributed by atoms with E-state index in [4.69, 9.17) is 10.5 Å². The number of ether oxygens (including phenoxy) is 1. The highest BCUT2D eigenvalue weighted by atomic mass is 16.5. The van der Waals surface area contributed by atoms with Gasteiger partial charge in [0, 0.05) is 29.5 Å². The van der Waals surface area contributed by atoms with Gasteiger partial charge in [-0.05, 0) is 13.0 Å². The third kappa shape index (κ3) is 2.43. The van der Waals surface area contributed by atoms with Crippen LogP contribution in [0.25, 0.3) is 0 Å². The molecule has 2 aliphatic rings. The number of aromatic hydroxyl groups is 2. The average molecular weight is 397 g/mol. The first kappa shape index (κ1) is 19.1. The van der Waals surface area contributed by atoms with Gasteiger partial charge >= 0.3 is 0 Å². The molecule has 0 bridgehead atoms. The molecule has 150 valence electrons. The molecule has 0 fully saturated rings. The maximum Gasteiger partial charge on any atom is 0.202 e. The van der Waals surface area contributed by atoms with Gasteiger partial charge < -0.3 is 25.8 Å². The summed E-state index contributed by atoms with van der Waals surface area (Å²) in [7, 11) is 1.35. The number of methoxy groups -OCH3 is 1. The minimum Gasteiger partial charge on any atom is -0.507 e. The Balaban J connectivity index is 2.04. The van der Waals surface area contributed by atoms with Gasteiger partial charge in [0.25, 0.3) is 0 Å². The van der Waals surface area contributed by atoms with E-state index >= 15 is 0 Å². The number of phenols is 2. The minimum atomic E-state index is -1.46. The van der Waals surface area contributed by atoms with E-state index < -0.39 is 46.1 Å². The van der Waals surface area contributed by atoms with Gasteiger partial charge in [0.15, 0.2) is 5.78 Å². The Kier molecular flexibility index (Phi) is 4.04. The molecule has 2 aliphatic carbocycles. The first-order chi connectivity index (χ1) is 13.6. The van der Waals surface area contributed by atoms with E-state index in [1.165, 1.54) is 32.2 Å². The lowest BCUT2D eigenvalue weighted by Gasteiger charge is -2.37. The quantitative estimate of drug-likeness (QED) is 0.471. The number of phenolic OH excluding ortho intramolecular Hbond substituents is 2. The largest absolute Gasteiger partial charge is 0.507 e. The second kappa shape index (κ2) is 6.13. The van der Waals surface area contributed by atoms with Crippen molar-refractivity contribution in [2.45, 2.75) is 31.4 Å². The third-order valence-electron chi connectivity index (χ3n) is 5.85. The zero-order valence-corrected chi connectivity index (χ0v) is 15.8. The number of carbonyl (C=O) groups is 3. The highest BCUT2D eigenvalue weighted by Gasteiger charge is 2.46. The average Bonchev–Trinajstić information content (AvgIpc) is 2.67. The Hall–Kier alpha value is -3.23. The first-order valence-electron chi connectivity index (χ1n) is 8.97. The number of hydrogen-bond acceptors (Lipinski definition) is 8. The number of rotatable bonds is 2. The van der Waals surface area contributed by atoms with Crippen molar-refractivity contribution >= 4 is 17.3 Å². The standard InChI is InChI=1S/C21H19NO7/c1-8(23)21(22)6-10-13(11(24)7-21)19(27)16-15(18(10)26)17(25)9-4-3-5-12(29-2)14(9)20(16)28/h3-5,11,24,26-27H,6-7,22H2,1-2H3. The van der Waals surface area contributed by atoms with Crippen LogP contribution in [-0.4, -0.2) is 45.3 Å². The number of hydrogen-bond donors (Lipinski definition) is 4. The summed E-state index contributed by atoms with van der Waals surface area (Å²) in [4.78, 5) is 38.3. The molecule has 0 aromatic heterocycles. The Morgan fingerprint density at radius 3 is 2.41 bits per heavy atom. The summed E-state index contributed by atoms with van der Waals surface area (Å²) < 4.78 is 5.18. The third-order valence-corrected chi connectivity index (χ3v) is 5.85. The fraction of sp³-hybridized carbons (Fsp3) is 0.286. The van der Waals surface area contributed by atoms with Gasteiger partial charge in [-0.25, -0.2) is 0 Å². The molecule has 5 N–H and O–H groups in total. The van der Waals surface area contributed by atoms with Crippen molar-refractivity contribution in [3.8, 4) is 17.2 Å². The molecule has 0 saturated carbocycles. The van der Waals surface area contributed by atoms with E-state index in [1.807, 2.05) is 0 Å². The smallest absolute Gasteiger partial charge is 0.202 e. The predicted octanol–water partition coefficient (Wildman–Crippen LogP) is 1.15. The van der Waals surface area contributed by atoms with Crippen LogP contribution in [-0.2, 0) is 11.2 Å². The molecule has 0 spiro atoms. The molecule has 0 amide bonds.